The Morgan fingerprint density at radius 1 is 0.821 bits per heavy atom. The van der Waals surface area contributed by atoms with Crippen LogP contribution in [0.15, 0.2) is 60.7 Å². The number of esters is 1. The zero-order valence-electron chi connectivity index (χ0n) is 19.9. The molecule has 4 rings (SSSR count). The number of carbonyl (C=O) groups is 3. The second kappa shape index (κ2) is 10.9. The number of ether oxygens (including phenoxy) is 3. The summed E-state index contributed by atoms with van der Waals surface area (Å²) in [6, 6.07) is 11.9. The molecule has 0 spiro atoms. The quantitative estimate of drug-likeness (QED) is 0.139. The Bertz CT molecular complexity index is 1460. The molecule has 0 amide bonds. The highest BCUT2D eigenvalue weighted by Crippen LogP contribution is 2.41. The number of phenols is 4. The van der Waals surface area contributed by atoms with Crippen molar-refractivity contribution in [3.8, 4) is 34.5 Å². The molecular formula is C27H22O12. The predicted octanol–water partition coefficient (Wildman–Crippen LogP) is 2.73. The first-order valence-electron chi connectivity index (χ1n) is 11.4. The fourth-order valence-electron chi connectivity index (χ4n) is 3.79. The van der Waals surface area contributed by atoms with E-state index in [0.29, 0.717) is 11.1 Å². The minimum Gasteiger partial charge on any atom is -0.504 e. The molecule has 0 saturated carbocycles. The van der Waals surface area contributed by atoms with Gasteiger partial charge in [-0.1, -0.05) is 18.2 Å². The van der Waals surface area contributed by atoms with Gasteiger partial charge in [0.1, 0.15) is 0 Å². The number of phenolic OH excluding ortho intramolecular Hbond substituents is 4. The SMILES string of the molecule is O=C(/C=C/c1ccc2c(c1)O[C@@H](C(=O)O)[C@@H](c1ccc(O)c(O)c1)O2)O[C@@H](Cc1ccc(O)c(O)c1)C(=O)O. The number of aliphatic carboxylic acids is 2. The van der Waals surface area contributed by atoms with Crippen LogP contribution in [0.4, 0.5) is 0 Å². The molecule has 6 N–H and O–H groups in total. The Morgan fingerprint density at radius 3 is 2.15 bits per heavy atom. The molecule has 0 unspecified atom stereocenters. The Kier molecular flexibility index (Phi) is 7.47. The minimum atomic E-state index is -1.57. The van der Waals surface area contributed by atoms with Gasteiger partial charge in [0.2, 0.25) is 12.2 Å². The molecule has 1 aliphatic heterocycles. The third-order valence-corrected chi connectivity index (χ3v) is 5.73. The summed E-state index contributed by atoms with van der Waals surface area (Å²) < 4.78 is 16.4. The molecule has 12 nitrogen and oxygen atoms in total. The fourth-order valence-corrected chi connectivity index (χ4v) is 3.79. The zero-order chi connectivity index (χ0) is 28.3. The number of aromatic hydroxyl groups is 4. The summed E-state index contributed by atoms with van der Waals surface area (Å²) in [4.78, 5) is 35.7. The highest BCUT2D eigenvalue weighted by molar-refractivity contribution is 5.89. The van der Waals surface area contributed by atoms with Gasteiger partial charge >= 0.3 is 17.9 Å². The summed E-state index contributed by atoms with van der Waals surface area (Å²) in [6.45, 7) is 0. The van der Waals surface area contributed by atoms with Crippen molar-refractivity contribution in [3.63, 3.8) is 0 Å². The van der Waals surface area contributed by atoms with E-state index in [1.807, 2.05) is 0 Å². The molecule has 0 saturated heterocycles. The van der Waals surface area contributed by atoms with Gasteiger partial charge in [0, 0.05) is 18.1 Å². The Morgan fingerprint density at radius 2 is 1.51 bits per heavy atom. The maximum atomic E-state index is 12.3. The lowest BCUT2D eigenvalue weighted by Crippen LogP contribution is -2.39. The van der Waals surface area contributed by atoms with Crippen LogP contribution in [0.25, 0.3) is 6.08 Å². The fraction of sp³-hybridized carbons (Fsp3) is 0.148. The van der Waals surface area contributed by atoms with Crippen LogP contribution < -0.4 is 9.47 Å². The van der Waals surface area contributed by atoms with Crippen LogP contribution >= 0.6 is 0 Å². The molecule has 3 aromatic carbocycles. The first-order valence-corrected chi connectivity index (χ1v) is 11.4. The van der Waals surface area contributed by atoms with E-state index >= 15 is 0 Å². The Balaban J connectivity index is 1.47. The third-order valence-electron chi connectivity index (χ3n) is 5.73. The summed E-state index contributed by atoms with van der Waals surface area (Å²) in [6.07, 6.45) is -2.19. The van der Waals surface area contributed by atoms with Crippen LogP contribution in [0.3, 0.4) is 0 Å². The average molecular weight is 538 g/mol. The van der Waals surface area contributed by atoms with Crippen molar-refractivity contribution in [2.75, 3.05) is 0 Å². The summed E-state index contributed by atoms with van der Waals surface area (Å²) in [5.74, 6) is -5.15. The molecule has 0 bridgehead atoms. The monoisotopic (exact) mass is 538 g/mol. The highest BCUT2D eigenvalue weighted by Gasteiger charge is 2.38. The lowest BCUT2D eigenvalue weighted by atomic mass is 10.0. The predicted molar refractivity (Wildman–Crippen MR) is 132 cm³/mol. The number of fused-ring (bicyclic) bond motifs is 1. The lowest BCUT2D eigenvalue weighted by Gasteiger charge is -2.32. The normalized spacial score (nSPS) is 16.9. The third kappa shape index (κ3) is 6.13. The standard InChI is InChI=1S/C27H22O12/c28-16-5-1-14(9-18(16)30)11-22(26(33)34)37-23(32)8-3-13-2-7-20-21(10-13)39-25(27(35)36)24(38-20)15-4-6-17(29)19(31)12-15/h1-10,12,22,24-25,28-31H,11H2,(H,33,34)(H,35,36)/b8-3+/t22-,24+,25+/m0/s1. The Labute approximate surface area is 220 Å². The van der Waals surface area contributed by atoms with E-state index in [2.05, 4.69) is 0 Å². The number of hydrogen-bond acceptors (Lipinski definition) is 10. The second-order valence-electron chi connectivity index (χ2n) is 8.49. The molecule has 202 valence electrons. The van der Waals surface area contributed by atoms with Gasteiger partial charge in [-0.2, -0.15) is 0 Å². The van der Waals surface area contributed by atoms with Gasteiger partial charge in [-0.3, -0.25) is 0 Å². The molecule has 0 aliphatic carbocycles. The molecule has 0 fully saturated rings. The van der Waals surface area contributed by atoms with E-state index in [9.17, 15) is 45.0 Å². The highest BCUT2D eigenvalue weighted by atomic mass is 16.6. The largest absolute Gasteiger partial charge is 0.504 e. The first-order chi connectivity index (χ1) is 18.5. The van der Waals surface area contributed by atoms with Gasteiger partial charge < -0.3 is 44.8 Å². The van der Waals surface area contributed by atoms with E-state index in [1.54, 1.807) is 0 Å². The van der Waals surface area contributed by atoms with E-state index in [4.69, 9.17) is 14.2 Å². The number of rotatable bonds is 8. The van der Waals surface area contributed by atoms with Crippen molar-refractivity contribution < 1.29 is 59.2 Å². The molecular weight excluding hydrogens is 516 g/mol. The number of hydrogen-bond donors (Lipinski definition) is 6. The summed E-state index contributed by atoms with van der Waals surface area (Å²) in [7, 11) is 0. The maximum absolute atomic E-state index is 12.3. The molecule has 39 heavy (non-hydrogen) atoms. The van der Waals surface area contributed by atoms with Gasteiger partial charge in [0.05, 0.1) is 0 Å². The lowest BCUT2D eigenvalue weighted by molar-refractivity contribution is -0.160. The molecule has 0 aromatic heterocycles. The maximum Gasteiger partial charge on any atom is 0.349 e. The van der Waals surface area contributed by atoms with Crippen molar-refractivity contribution in [2.45, 2.75) is 24.7 Å². The second-order valence-corrected chi connectivity index (χ2v) is 8.49. The van der Waals surface area contributed by atoms with E-state index in [1.165, 1.54) is 54.6 Å². The molecule has 3 aromatic rings. The molecule has 1 heterocycles. The zero-order valence-corrected chi connectivity index (χ0v) is 19.9. The van der Waals surface area contributed by atoms with Crippen LogP contribution in [0, 0.1) is 0 Å². The molecule has 1 aliphatic rings. The van der Waals surface area contributed by atoms with Gasteiger partial charge in [-0.25, -0.2) is 14.4 Å². The van der Waals surface area contributed by atoms with E-state index in [0.717, 1.165) is 12.1 Å². The van der Waals surface area contributed by atoms with Gasteiger partial charge in [0.15, 0.2) is 40.6 Å². The first kappa shape index (κ1) is 26.7. The smallest absolute Gasteiger partial charge is 0.349 e. The number of carbonyl (C=O) groups excluding carboxylic acids is 1. The molecule has 3 atom stereocenters. The Hall–Kier alpha value is -5.39. The van der Waals surface area contributed by atoms with Crippen LogP contribution in [-0.2, 0) is 25.5 Å². The number of carboxylic acids is 2. The van der Waals surface area contributed by atoms with Crippen LogP contribution in [0.5, 0.6) is 34.5 Å². The van der Waals surface area contributed by atoms with Crippen molar-refractivity contribution in [1.29, 1.82) is 0 Å². The summed E-state index contributed by atoms with van der Waals surface area (Å²) >= 11 is 0. The van der Waals surface area contributed by atoms with E-state index in [-0.39, 0.29) is 35.0 Å². The van der Waals surface area contributed by atoms with Crippen LogP contribution in [0.2, 0.25) is 0 Å². The number of carboxylic acid groups (broad SMARTS) is 2. The summed E-state index contributed by atoms with van der Waals surface area (Å²) in [5.41, 5.74) is 0.954. The summed E-state index contributed by atoms with van der Waals surface area (Å²) in [5, 5.41) is 57.3. The van der Waals surface area contributed by atoms with Gasteiger partial charge in [-0.15, -0.1) is 0 Å². The van der Waals surface area contributed by atoms with E-state index < -0.39 is 47.7 Å². The van der Waals surface area contributed by atoms with Crippen LogP contribution in [-0.4, -0.2) is 60.8 Å². The minimum absolute atomic E-state index is 0.0627. The molecule has 12 heteroatoms. The van der Waals surface area contributed by atoms with Crippen molar-refractivity contribution in [2.24, 2.45) is 0 Å². The molecule has 0 radical (unpaired) electrons. The van der Waals surface area contributed by atoms with Crippen molar-refractivity contribution in [3.05, 3.63) is 77.4 Å². The van der Waals surface area contributed by atoms with Crippen LogP contribution in [0.1, 0.15) is 22.8 Å². The van der Waals surface area contributed by atoms with Gasteiger partial charge in [0.25, 0.3) is 0 Å². The van der Waals surface area contributed by atoms with Crippen molar-refractivity contribution in [1.82, 2.24) is 0 Å². The number of benzene rings is 3. The topological polar surface area (TPSA) is 200 Å². The van der Waals surface area contributed by atoms with Gasteiger partial charge in [-0.05, 0) is 53.6 Å². The van der Waals surface area contributed by atoms with Crippen molar-refractivity contribution >= 4 is 24.0 Å². The average Bonchev–Trinajstić information content (AvgIpc) is 2.89.